The minimum absolute atomic E-state index is 0.201. The Bertz CT molecular complexity index is 566. The normalized spacial score (nSPS) is 12.4. The van der Waals surface area contributed by atoms with Gasteiger partial charge >= 0.3 is 0 Å². The number of hydrazine groups is 1. The standard InChI is InChI=1S/C14H21N5O/c1-4-8-19-14(12(20-3)9-17-19)13(18-15)11-6-5-7-16-10(11)2/h5-7,9,13,18H,4,8,15H2,1-3H3. The Hall–Kier alpha value is -1.92. The number of nitrogens with zero attached hydrogens (tertiary/aromatic N) is 3. The maximum Gasteiger partial charge on any atom is 0.161 e. The Morgan fingerprint density at radius 3 is 2.90 bits per heavy atom. The van der Waals surface area contributed by atoms with Crippen molar-refractivity contribution in [2.45, 2.75) is 32.9 Å². The van der Waals surface area contributed by atoms with Gasteiger partial charge in [-0.05, 0) is 25.0 Å². The molecule has 20 heavy (non-hydrogen) atoms. The molecule has 108 valence electrons. The van der Waals surface area contributed by atoms with Gasteiger partial charge in [-0.15, -0.1) is 0 Å². The maximum absolute atomic E-state index is 5.78. The first-order valence-electron chi connectivity index (χ1n) is 6.70. The predicted molar refractivity (Wildman–Crippen MR) is 77.2 cm³/mol. The van der Waals surface area contributed by atoms with E-state index in [-0.39, 0.29) is 6.04 Å². The van der Waals surface area contributed by atoms with E-state index in [2.05, 4.69) is 22.4 Å². The Morgan fingerprint density at radius 1 is 1.50 bits per heavy atom. The zero-order valence-corrected chi connectivity index (χ0v) is 12.1. The van der Waals surface area contributed by atoms with Crippen molar-refractivity contribution < 1.29 is 4.74 Å². The van der Waals surface area contributed by atoms with E-state index in [0.717, 1.165) is 35.7 Å². The molecule has 0 spiro atoms. The molecule has 2 rings (SSSR count). The molecule has 0 saturated heterocycles. The summed E-state index contributed by atoms with van der Waals surface area (Å²) >= 11 is 0. The molecule has 0 amide bonds. The zero-order chi connectivity index (χ0) is 14.5. The van der Waals surface area contributed by atoms with E-state index < -0.39 is 0 Å². The van der Waals surface area contributed by atoms with Crippen molar-refractivity contribution in [2.75, 3.05) is 7.11 Å². The van der Waals surface area contributed by atoms with Crippen molar-refractivity contribution >= 4 is 0 Å². The highest BCUT2D eigenvalue weighted by atomic mass is 16.5. The molecule has 0 aliphatic heterocycles. The van der Waals surface area contributed by atoms with Crippen molar-refractivity contribution in [1.82, 2.24) is 20.2 Å². The van der Waals surface area contributed by atoms with Crippen LogP contribution >= 0.6 is 0 Å². The number of aromatic nitrogens is 3. The second-order valence-corrected chi connectivity index (χ2v) is 4.60. The molecular formula is C14H21N5O. The van der Waals surface area contributed by atoms with E-state index in [1.165, 1.54) is 0 Å². The number of nitrogens with one attached hydrogen (secondary N) is 1. The first-order valence-corrected chi connectivity index (χ1v) is 6.70. The number of methoxy groups -OCH3 is 1. The second kappa shape index (κ2) is 6.49. The number of rotatable bonds is 6. The molecule has 6 nitrogen and oxygen atoms in total. The third-order valence-electron chi connectivity index (χ3n) is 3.30. The molecule has 1 atom stereocenters. The summed E-state index contributed by atoms with van der Waals surface area (Å²) in [5.74, 6) is 6.51. The van der Waals surface area contributed by atoms with Gasteiger partial charge in [0.15, 0.2) is 5.75 Å². The SMILES string of the molecule is CCCn1ncc(OC)c1C(NN)c1cccnc1C. The van der Waals surface area contributed by atoms with Crippen LogP contribution in [0.5, 0.6) is 5.75 Å². The highest BCUT2D eigenvalue weighted by molar-refractivity contribution is 5.37. The van der Waals surface area contributed by atoms with Gasteiger partial charge < -0.3 is 4.74 Å². The van der Waals surface area contributed by atoms with Crippen LogP contribution in [0, 0.1) is 6.92 Å². The molecule has 0 fully saturated rings. The summed E-state index contributed by atoms with van der Waals surface area (Å²) in [4.78, 5) is 4.32. The van der Waals surface area contributed by atoms with E-state index in [4.69, 9.17) is 10.6 Å². The van der Waals surface area contributed by atoms with E-state index in [1.54, 1.807) is 19.5 Å². The third-order valence-corrected chi connectivity index (χ3v) is 3.30. The van der Waals surface area contributed by atoms with E-state index >= 15 is 0 Å². The van der Waals surface area contributed by atoms with Gasteiger partial charge in [0, 0.05) is 18.4 Å². The fourth-order valence-electron chi connectivity index (χ4n) is 2.33. The van der Waals surface area contributed by atoms with Crippen molar-refractivity contribution in [3.63, 3.8) is 0 Å². The highest BCUT2D eigenvalue weighted by Gasteiger charge is 2.24. The van der Waals surface area contributed by atoms with E-state index in [0.29, 0.717) is 0 Å². The largest absolute Gasteiger partial charge is 0.493 e. The molecule has 2 aromatic rings. The van der Waals surface area contributed by atoms with Crippen LogP contribution in [-0.4, -0.2) is 21.9 Å². The van der Waals surface area contributed by atoms with Gasteiger partial charge in [-0.25, -0.2) is 5.43 Å². The quantitative estimate of drug-likeness (QED) is 0.618. The van der Waals surface area contributed by atoms with Gasteiger partial charge in [0.25, 0.3) is 0 Å². The van der Waals surface area contributed by atoms with Crippen molar-refractivity contribution in [1.29, 1.82) is 0 Å². The average Bonchev–Trinajstić information content (AvgIpc) is 2.85. The zero-order valence-electron chi connectivity index (χ0n) is 12.1. The Morgan fingerprint density at radius 2 is 2.30 bits per heavy atom. The fourth-order valence-corrected chi connectivity index (χ4v) is 2.33. The van der Waals surface area contributed by atoms with Crippen LogP contribution < -0.4 is 16.0 Å². The van der Waals surface area contributed by atoms with Crippen LogP contribution in [0.25, 0.3) is 0 Å². The molecule has 0 radical (unpaired) electrons. The van der Waals surface area contributed by atoms with Gasteiger partial charge in [0.2, 0.25) is 0 Å². The van der Waals surface area contributed by atoms with Crippen LogP contribution in [0.4, 0.5) is 0 Å². The lowest BCUT2D eigenvalue weighted by molar-refractivity contribution is 0.398. The number of hydrogen-bond acceptors (Lipinski definition) is 5. The number of aryl methyl sites for hydroxylation is 2. The topological polar surface area (TPSA) is 78.0 Å². The lowest BCUT2D eigenvalue weighted by Crippen LogP contribution is -2.31. The van der Waals surface area contributed by atoms with Crippen LogP contribution in [0.3, 0.4) is 0 Å². The van der Waals surface area contributed by atoms with Gasteiger partial charge in [0.05, 0.1) is 19.3 Å². The molecule has 0 aliphatic carbocycles. The molecule has 6 heteroatoms. The molecule has 0 aliphatic rings. The van der Waals surface area contributed by atoms with Gasteiger partial charge in [0.1, 0.15) is 5.69 Å². The van der Waals surface area contributed by atoms with E-state index in [1.807, 2.05) is 23.7 Å². The van der Waals surface area contributed by atoms with E-state index in [9.17, 15) is 0 Å². The molecule has 3 N–H and O–H groups in total. The average molecular weight is 275 g/mol. The lowest BCUT2D eigenvalue weighted by Gasteiger charge is -2.20. The molecular weight excluding hydrogens is 254 g/mol. The monoisotopic (exact) mass is 275 g/mol. The minimum Gasteiger partial charge on any atom is -0.493 e. The summed E-state index contributed by atoms with van der Waals surface area (Å²) in [6.45, 7) is 4.89. The molecule has 0 bridgehead atoms. The summed E-state index contributed by atoms with van der Waals surface area (Å²) in [5, 5.41) is 4.38. The van der Waals surface area contributed by atoms with Crippen LogP contribution in [0.15, 0.2) is 24.5 Å². The summed E-state index contributed by atoms with van der Waals surface area (Å²) in [6, 6.07) is 3.71. The second-order valence-electron chi connectivity index (χ2n) is 4.60. The molecule has 2 aromatic heterocycles. The van der Waals surface area contributed by atoms with Crippen LogP contribution in [0.1, 0.15) is 36.3 Å². The van der Waals surface area contributed by atoms with Gasteiger partial charge in [-0.3, -0.25) is 15.5 Å². The number of pyridine rings is 1. The summed E-state index contributed by atoms with van der Waals surface area (Å²) in [6.07, 6.45) is 4.48. The smallest absolute Gasteiger partial charge is 0.161 e. The Kier molecular flexibility index (Phi) is 4.70. The minimum atomic E-state index is -0.201. The lowest BCUT2D eigenvalue weighted by atomic mass is 10.0. The predicted octanol–water partition coefficient (Wildman–Crippen LogP) is 1.56. The molecule has 0 saturated carbocycles. The number of hydrogen-bond donors (Lipinski definition) is 2. The van der Waals surface area contributed by atoms with Crippen molar-refractivity contribution in [3.05, 3.63) is 41.5 Å². The van der Waals surface area contributed by atoms with Crippen molar-refractivity contribution in [2.24, 2.45) is 5.84 Å². The fraction of sp³-hybridized carbons (Fsp3) is 0.429. The molecule has 1 unspecified atom stereocenters. The number of ether oxygens (including phenoxy) is 1. The summed E-state index contributed by atoms with van der Waals surface area (Å²) in [5.41, 5.74) is 5.73. The molecule has 2 heterocycles. The first-order chi connectivity index (χ1) is 9.72. The van der Waals surface area contributed by atoms with Crippen LogP contribution in [-0.2, 0) is 6.54 Å². The third kappa shape index (κ3) is 2.66. The van der Waals surface area contributed by atoms with Gasteiger partial charge in [-0.1, -0.05) is 13.0 Å². The summed E-state index contributed by atoms with van der Waals surface area (Å²) in [7, 11) is 1.64. The summed E-state index contributed by atoms with van der Waals surface area (Å²) < 4.78 is 7.34. The Balaban J connectivity index is 2.51. The highest BCUT2D eigenvalue weighted by Crippen LogP contribution is 2.30. The van der Waals surface area contributed by atoms with Crippen LogP contribution in [0.2, 0.25) is 0 Å². The molecule has 0 aromatic carbocycles. The van der Waals surface area contributed by atoms with Crippen molar-refractivity contribution in [3.8, 4) is 5.75 Å². The maximum atomic E-state index is 5.78. The first kappa shape index (κ1) is 14.5. The Labute approximate surface area is 118 Å². The van der Waals surface area contributed by atoms with Gasteiger partial charge in [-0.2, -0.15) is 5.10 Å². The number of nitrogens with two attached hydrogens (primary N) is 1.